The Morgan fingerprint density at radius 3 is 2.27 bits per heavy atom. The molecular formula is C14H25F2NO5. The average Bonchev–Trinajstić information content (AvgIpc) is 2.27. The number of hydrogen-bond acceptors (Lipinski definition) is 4. The predicted molar refractivity (Wildman–Crippen MR) is 76.1 cm³/mol. The van der Waals surface area contributed by atoms with Crippen LogP contribution in [-0.2, 0) is 14.3 Å². The minimum Gasteiger partial charge on any atom is -0.481 e. The third kappa shape index (κ3) is 13.5. The Morgan fingerprint density at radius 2 is 1.82 bits per heavy atom. The summed E-state index contributed by atoms with van der Waals surface area (Å²) in [6.45, 7) is 5.75. The second-order valence-corrected chi connectivity index (χ2v) is 6.17. The molecule has 6 nitrogen and oxygen atoms in total. The first-order chi connectivity index (χ1) is 9.89. The summed E-state index contributed by atoms with van der Waals surface area (Å²) in [5, 5.41) is 11.0. The van der Waals surface area contributed by atoms with Crippen molar-refractivity contribution in [3.8, 4) is 0 Å². The topological polar surface area (TPSA) is 84.9 Å². The van der Waals surface area contributed by atoms with Gasteiger partial charge in [0, 0.05) is 6.42 Å². The lowest BCUT2D eigenvalue weighted by molar-refractivity contribution is -0.138. The van der Waals surface area contributed by atoms with Crippen LogP contribution in [0.15, 0.2) is 0 Å². The molecule has 0 spiro atoms. The normalized spacial score (nSPS) is 13.5. The Kier molecular flexibility index (Phi) is 8.29. The molecular weight excluding hydrogens is 300 g/mol. The summed E-state index contributed by atoms with van der Waals surface area (Å²) in [5.74, 6) is -3.87. The van der Waals surface area contributed by atoms with Crippen molar-refractivity contribution in [3.05, 3.63) is 0 Å². The lowest BCUT2D eigenvalue weighted by atomic mass is 10.1. The van der Waals surface area contributed by atoms with E-state index in [0.717, 1.165) is 6.92 Å². The molecule has 0 saturated carbocycles. The fourth-order valence-electron chi connectivity index (χ4n) is 1.48. The number of halogens is 2. The van der Waals surface area contributed by atoms with Gasteiger partial charge in [0.05, 0.1) is 25.7 Å². The van der Waals surface area contributed by atoms with E-state index in [4.69, 9.17) is 14.6 Å². The molecule has 1 atom stereocenters. The van der Waals surface area contributed by atoms with Crippen molar-refractivity contribution in [2.75, 3.05) is 13.2 Å². The van der Waals surface area contributed by atoms with Gasteiger partial charge in [-0.15, -0.1) is 0 Å². The van der Waals surface area contributed by atoms with Crippen LogP contribution in [0.5, 0.6) is 0 Å². The summed E-state index contributed by atoms with van der Waals surface area (Å²) in [6.07, 6.45) is -1.34. The number of alkyl carbamates (subject to hydrolysis) is 1. The standard InChI is InChI=1S/C14H25F2NO5/c1-13(2,3)22-12(20)17-10(5-7-14(4,15)16)9-21-8-6-11(18)19/h10H,5-9H2,1-4H3,(H,17,20)(H,18,19). The largest absolute Gasteiger partial charge is 0.481 e. The first-order valence-electron chi connectivity index (χ1n) is 7.06. The van der Waals surface area contributed by atoms with Crippen molar-refractivity contribution in [1.82, 2.24) is 5.32 Å². The molecule has 1 amide bonds. The average molecular weight is 325 g/mol. The van der Waals surface area contributed by atoms with Crippen molar-refractivity contribution in [1.29, 1.82) is 0 Å². The van der Waals surface area contributed by atoms with Gasteiger partial charge in [0.25, 0.3) is 0 Å². The highest BCUT2D eigenvalue weighted by Crippen LogP contribution is 2.20. The van der Waals surface area contributed by atoms with Crippen LogP contribution in [0.1, 0.15) is 47.0 Å². The highest BCUT2D eigenvalue weighted by atomic mass is 19.3. The monoisotopic (exact) mass is 325 g/mol. The number of hydrogen-bond donors (Lipinski definition) is 2. The predicted octanol–water partition coefficient (Wildman–Crippen LogP) is 2.81. The SMILES string of the molecule is CC(F)(F)CCC(COCCC(=O)O)NC(=O)OC(C)(C)C. The van der Waals surface area contributed by atoms with Gasteiger partial charge in [-0.1, -0.05) is 0 Å². The van der Waals surface area contributed by atoms with Crippen LogP contribution >= 0.6 is 0 Å². The van der Waals surface area contributed by atoms with Gasteiger partial charge in [0.15, 0.2) is 0 Å². The van der Waals surface area contributed by atoms with Crippen molar-refractivity contribution in [3.63, 3.8) is 0 Å². The first kappa shape index (κ1) is 20.6. The summed E-state index contributed by atoms with van der Waals surface area (Å²) in [4.78, 5) is 22.0. The fourth-order valence-corrected chi connectivity index (χ4v) is 1.48. The van der Waals surface area contributed by atoms with Crippen molar-refractivity contribution in [2.24, 2.45) is 0 Å². The highest BCUT2D eigenvalue weighted by Gasteiger charge is 2.25. The third-order valence-electron chi connectivity index (χ3n) is 2.43. The number of carbonyl (C=O) groups excluding carboxylic acids is 1. The van der Waals surface area contributed by atoms with E-state index >= 15 is 0 Å². The van der Waals surface area contributed by atoms with Gasteiger partial charge in [-0.25, -0.2) is 13.6 Å². The molecule has 0 aliphatic heterocycles. The first-order valence-corrected chi connectivity index (χ1v) is 7.06. The molecule has 1 unspecified atom stereocenters. The van der Waals surface area contributed by atoms with Gasteiger partial charge in [0.2, 0.25) is 5.92 Å². The van der Waals surface area contributed by atoms with Gasteiger partial charge in [-0.05, 0) is 34.1 Å². The van der Waals surface area contributed by atoms with Crippen LogP contribution < -0.4 is 5.32 Å². The lowest BCUT2D eigenvalue weighted by Gasteiger charge is -2.24. The van der Waals surface area contributed by atoms with Crippen LogP contribution in [0.2, 0.25) is 0 Å². The number of ether oxygens (including phenoxy) is 2. The van der Waals surface area contributed by atoms with Crippen LogP contribution in [0, 0.1) is 0 Å². The molecule has 2 N–H and O–H groups in total. The van der Waals surface area contributed by atoms with E-state index in [1.54, 1.807) is 20.8 Å². The zero-order chi connectivity index (χ0) is 17.4. The second-order valence-electron chi connectivity index (χ2n) is 6.17. The van der Waals surface area contributed by atoms with E-state index in [-0.39, 0.29) is 26.1 Å². The van der Waals surface area contributed by atoms with Gasteiger partial charge >= 0.3 is 12.1 Å². The third-order valence-corrected chi connectivity index (χ3v) is 2.43. The summed E-state index contributed by atoms with van der Waals surface area (Å²) < 4.78 is 36.0. The number of rotatable bonds is 9. The van der Waals surface area contributed by atoms with Crippen LogP contribution in [0.3, 0.4) is 0 Å². The maximum Gasteiger partial charge on any atom is 0.407 e. The number of carboxylic acids is 1. The van der Waals surface area contributed by atoms with E-state index in [2.05, 4.69) is 5.32 Å². The Labute approximate surface area is 129 Å². The molecule has 130 valence electrons. The molecule has 0 heterocycles. The summed E-state index contributed by atoms with van der Waals surface area (Å²) in [7, 11) is 0. The zero-order valence-corrected chi connectivity index (χ0v) is 13.4. The molecule has 0 rings (SSSR count). The molecule has 0 aromatic heterocycles. The number of amides is 1. The van der Waals surface area contributed by atoms with Gasteiger partial charge in [0.1, 0.15) is 5.60 Å². The minimum absolute atomic E-state index is 0.00415. The molecule has 0 bridgehead atoms. The zero-order valence-electron chi connectivity index (χ0n) is 13.4. The Bertz CT molecular complexity index is 363. The Hall–Kier alpha value is -1.44. The van der Waals surface area contributed by atoms with Crippen molar-refractivity contribution >= 4 is 12.1 Å². The Balaban J connectivity index is 4.38. The van der Waals surface area contributed by atoms with E-state index in [1.165, 1.54) is 0 Å². The minimum atomic E-state index is -2.85. The molecule has 0 fully saturated rings. The van der Waals surface area contributed by atoms with Gasteiger partial charge in [-0.2, -0.15) is 0 Å². The van der Waals surface area contributed by atoms with E-state index < -0.39 is 36.0 Å². The quantitative estimate of drug-likeness (QED) is 0.637. The maximum atomic E-state index is 12.9. The van der Waals surface area contributed by atoms with E-state index in [0.29, 0.717) is 0 Å². The van der Waals surface area contributed by atoms with E-state index in [9.17, 15) is 18.4 Å². The van der Waals surface area contributed by atoms with Crippen LogP contribution in [-0.4, -0.2) is 47.9 Å². The number of carbonyl (C=O) groups is 2. The maximum absolute atomic E-state index is 12.9. The van der Waals surface area contributed by atoms with Gasteiger partial charge < -0.3 is 19.9 Å². The number of nitrogens with one attached hydrogen (secondary N) is 1. The Morgan fingerprint density at radius 1 is 1.23 bits per heavy atom. The molecule has 0 saturated heterocycles. The number of carboxylic acid groups (broad SMARTS) is 1. The summed E-state index contributed by atoms with van der Waals surface area (Å²) >= 11 is 0. The smallest absolute Gasteiger partial charge is 0.407 e. The van der Waals surface area contributed by atoms with Crippen LogP contribution in [0.4, 0.5) is 13.6 Å². The van der Waals surface area contributed by atoms with E-state index in [1.807, 2.05) is 0 Å². The highest BCUT2D eigenvalue weighted by molar-refractivity contribution is 5.68. The second kappa shape index (κ2) is 8.87. The van der Waals surface area contributed by atoms with Crippen molar-refractivity contribution in [2.45, 2.75) is 64.5 Å². The summed E-state index contributed by atoms with van der Waals surface area (Å²) in [5.41, 5.74) is -0.701. The molecule has 0 aromatic rings. The number of aliphatic carboxylic acids is 1. The molecule has 0 radical (unpaired) electrons. The molecule has 0 aliphatic rings. The number of alkyl halides is 2. The van der Waals surface area contributed by atoms with Crippen LogP contribution in [0.25, 0.3) is 0 Å². The van der Waals surface area contributed by atoms with Crippen molar-refractivity contribution < 1.29 is 33.0 Å². The summed E-state index contributed by atoms with van der Waals surface area (Å²) in [6, 6.07) is -0.672. The molecule has 0 aromatic carbocycles. The lowest BCUT2D eigenvalue weighted by Crippen LogP contribution is -2.42. The molecule has 8 heteroatoms. The molecule has 0 aliphatic carbocycles. The van der Waals surface area contributed by atoms with Gasteiger partial charge in [-0.3, -0.25) is 4.79 Å². The fraction of sp³-hybridized carbons (Fsp3) is 0.857. The molecule has 22 heavy (non-hydrogen) atoms.